The standard InChI is InChI=1S/C25H20N2O2/c28-25(24-17-10-18-29-24)26-19-23(20-11-4-1-5-12-20)27(21-13-6-2-7-14-21)22-15-8-3-9-16-22/h1-19H,(H,26,28)/b23-19+. The van der Waals surface area contributed by atoms with Crippen molar-refractivity contribution in [1.82, 2.24) is 5.32 Å². The van der Waals surface area contributed by atoms with E-state index >= 15 is 0 Å². The lowest BCUT2D eigenvalue weighted by Gasteiger charge is -2.28. The molecule has 0 saturated heterocycles. The molecule has 3 aromatic carbocycles. The average Bonchev–Trinajstić information content (AvgIpc) is 3.33. The summed E-state index contributed by atoms with van der Waals surface area (Å²) in [6.07, 6.45) is 3.21. The molecule has 0 atom stereocenters. The number of anilines is 2. The summed E-state index contributed by atoms with van der Waals surface area (Å²) < 4.78 is 5.21. The van der Waals surface area contributed by atoms with Gasteiger partial charge >= 0.3 is 0 Å². The van der Waals surface area contributed by atoms with E-state index in [1.807, 2.05) is 91.0 Å². The van der Waals surface area contributed by atoms with Gasteiger partial charge in [-0.1, -0.05) is 66.7 Å². The summed E-state index contributed by atoms with van der Waals surface area (Å²) in [5.74, 6) is -0.0378. The maximum atomic E-state index is 12.5. The number of nitrogens with zero attached hydrogens (tertiary/aromatic N) is 1. The Morgan fingerprint density at radius 3 is 1.79 bits per heavy atom. The third-order valence-corrected chi connectivity index (χ3v) is 4.42. The minimum absolute atomic E-state index is 0.264. The van der Waals surface area contributed by atoms with Crippen LogP contribution in [-0.4, -0.2) is 5.91 Å². The van der Waals surface area contributed by atoms with Crippen molar-refractivity contribution < 1.29 is 9.21 Å². The molecule has 4 rings (SSSR count). The van der Waals surface area contributed by atoms with Crippen molar-refractivity contribution in [2.45, 2.75) is 0 Å². The number of hydrogen-bond donors (Lipinski definition) is 1. The van der Waals surface area contributed by atoms with Crippen LogP contribution in [0.4, 0.5) is 11.4 Å². The summed E-state index contributed by atoms with van der Waals surface area (Å²) in [7, 11) is 0. The number of para-hydroxylation sites is 2. The molecule has 0 spiro atoms. The molecule has 0 fully saturated rings. The van der Waals surface area contributed by atoms with E-state index in [0.717, 1.165) is 22.6 Å². The molecule has 4 nitrogen and oxygen atoms in total. The highest BCUT2D eigenvalue weighted by molar-refractivity contribution is 5.94. The largest absolute Gasteiger partial charge is 0.459 e. The third kappa shape index (κ3) is 4.28. The average molecular weight is 380 g/mol. The summed E-state index contributed by atoms with van der Waals surface area (Å²) in [5, 5.41) is 2.87. The lowest BCUT2D eigenvalue weighted by Crippen LogP contribution is -2.22. The van der Waals surface area contributed by atoms with Crippen LogP contribution in [0, 0.1) is 0 Å². The van der Waals surface area contributed by atoms with Crippen LogP contribution in [0.15, 0.2) is 120 Å². The predicted octanol–water partition coefficient (Wildman–Crippen LogP) is 5.85. The van der Waals surface area contributed by atoms with Crippen molar-refractivity contribution >= 4 is 23.0 Å². The Hall–Kier alpha value is -4.05. The van der Waals surface area contributed by atoms with Gasteiger partial charge in [0.2, 0.25) is 0 Å². The van der Waals surface area contributed by atoms with Gasteiger partial charge in [0.15, 0.2) is 5.76 Å². The zero-order valence-corrected chi connectivity index (χ0v) is 15.7. The topological polar surface area (TPSA) is 45.5 Å². The number of nitrogens with one attached hydrogen (secondary N) is 1. The zero-order chi connectivity index (χ0) is 19.9. The van der Waals surface area contributed by atoms with Gasteiger partial charge in [-0.15, -0.1) is 0 Å². The Morgan fingerprint density at radius 2 is 1.28 bits per heavy atom. The second-order valence-corrected chi connectivity index (χ2v) is 6.35. The second-order valence-electron chi connectivity index (χ2n) is 6.35. The van der Waals surface area contributed by atoms with Crippen LogP contribution in [-0.2, 0) is 0 Å². The molecular formula is C25H20N2O2. The molecule has 1 aromatic heterocycles. The summed E-state index contributed by atoms with van der Waals surface area (Å²) in [5.41, 5.74) is 3.78. The smallest absolute Gasteiger partial charge is 0.290 e. The number of rotatable bonds is 6. The lowest BCUT2D eigenvalue weighted by molar-refractivity contribution is 0.0943. The van der Waals surface area contributed by atoms with Gasteiger partial charge in [0.25, 0.3) is 5.91 Å². The Labute approximate surface area is 169 Å². The molecule has 0 bridgehead atoms. The van der Waals surface area contributed by atoms with Crippen molar-refractivity contribution in [2.24, 2.45) is 0 Å². The Kier molecular flexibility index (Phi) is 5.53. The first-order chi connectivity index (χ1) is 14.3. The highest BCUT2D eigenvalue weighted by atomic mass is 16.3. The minimum Gasteiger partial charge on any atom is -0.459 e. The maximum Gasteiger partial charge on any atom is 0.290 e. The number of furan rings is 1. The molecule has 0 radical (unpaired) electrons. The normalized spacial score (nSPS) is 11.1. The van der Waals surface area contributed by atoms with E-state index in [2.05, 4.69) is 10.2 Å². The molecule has 1 amide bonds. The first-order valence-corrected chi connectivity index (χ1v) is 9.33. The van der Waals surface area contributed by atoms with Gasteiger partial charge in [-0.05, 0) is 42.0 Å². The van der Waals surface area contributed by atoms with Gasteiger partial charge in [0.05, 0.1) is 12.0 Å². The zero-order valence-electron chi connectivity index (χ0n) is 15.7. The van der Waals surface area contributed by atoms with Crippen LogP contribution in [0.3, 0.4) is 0 Å². The number of benzene rings is 3. The molecule has 0 aliphatic rings. The van der Waals surface area contributed by atoms with Crippen LogP contribution < -0.4 is 10.2 Å². The van der Waals surface area contributed by atoms with Gasteiger partial charge < -0.3 is 14.6 Å². The van der Waals surface area contributed by atoms with E-state index in [4.69, 9.17) is 4.42 Å². The van der Waals surface area contributed by atoms with E-state index in [1.165, 1.54) is 6.26 Å². The second kappa shape index (κ2) is 8.76. The molecule has 4 heteroatoms. The predicted molar refractivity (Wildman–Crippen MR) is 116 cm³/mol. The Morgan fingerprint density at radius 1 is 0.724 bits per heavy atom. The monoisotopic (exact) mass is 380 g/mol. The van der Waals surface area contributed by atoms with Crippen molar-refractivity contribution in [1.29, 1.82) is 0 Å². The summed E-state index contributed by atoms with van der Waals surface area (Å²) >= 11 is 0. The number of carbonyl (C=O) groups excluding carboxylic acids is 1. The lowest BCUT2D eigenvalue weighted by atomic mass is 10.1. The summed E-state index contributed by atoms with van der Waals surface area (Å²) in [6, 6.07) is 33.4. The van der Waals surface area contributed by atoms with E-state index in [-0.39, 0.29) is 11.7 Å². The quantitative estimate of drug-likeness (QED) is 0.457. The molecule has 0 aliphatic heterocycles. The number of carbonyl (C=O) groups is 1. The van der Waals surface area contributed by atoms with Crippen LogP contribution >= 0.6 is 0 Å². The molecule has 1 N–H and O–H groups in total. The molecule has 0 saturated carbocycles. The number of amides is 1. The first-order valence-electron chi connectivity index (χ1n) is 9.33. The molecule has 4 aromatic rings. The first kappa shape index (κ1) is 18.3. The van der Waals surface area contributed by atoms with Gasteiger partial charge in [-0.3, -0.25) is 4.79 Å². The van der Waals surface area contributed by atoms with Crippen LogP contribution in [0.2, 0.25) is 0 Å². The molecule has 29 heavy (non-hydrogen) atoms. The maximum absolute atomic E-state index is 12.5. The Bertz CT molecular complexity index is 1030. The van der Waals surface area contributed by atoms with Crippen molar-refractivity contribution in [3.8, 4) is 0 Å². The van der Waals surface area contributed by atoms with Gasteiger partial charge in [0.1, 0.15) is 0 Å². The van der Waals surface area contributed by atoms with E-state index in [1.54, 1.807) is 18.3 Å². The molecule has 0 aliphatic carbocycles. The van der Waals surface area contributed by atoms with Crippen LogP contribution in [0.25, 0.3) is 5.70 Å². The van der Waals surface area contributed by atoms with Crippen LogP contribution in [0.5, 0.6) is 0 Å². The van der Waals surface area contributed by atoms with Gasteiger partial charge in [-0.25, -0.2) is 0 Å². The van der Waals surface area contributed by atoms with Crippen molar-refractivity contribution in [3.63, 3.8) is 0 Å². The highest BCUT2D eigenvalue weighted by Crippen LogP contribution is 2.34. The molecule has 1 heterocycles. The summed E-state index contributed by atoms with van der Waals surface area (Å²) in [6.45, 7) is 0. The molecule has 0 unspecified atom stereocenters. The highest BCUT2D eigenvalue weighted by Gasteiger charge is 2.17. The van der Waals surface area contributed by atoms with E-state index in [0.29, 0.717) is 0 Å². The van der Waals surface area contributed by atoms with Crippen molar-refractivity contribution in [3.05, 3.63) is 127 Å². The van der Waals surface area contributed by atoms with Gasteiger partial charge in [0, 0.05) is 17.6 Å². The van der Waals surface area contributed by atoms with E-state index in [9.17, 15) is 4.79 Å². The van der Waals surface area contributed by atoms with Crippen LogP contribution in [0.1, 0.15) is 16.1 Å². The summed E-state index contributed by atoms with van der Waals surface area (Å²) in [4.78, 5) is 14.6. The minimum atomic E-state index is -0.301. The van der Waals surface area contributed by atoms with Gasteiger partial charge in [-0.2, -0.15) is 0 Å². The van der Waals surface area contributed by atoms with Crippen molar-refractivity contribution in [2.75, 3.05) is 4.90 Å². The molecule has 142 valence electrons. The van der Waals surface area contributed by atoms with E-state index < -0.39 is 0 Å². The SMILES string of the molecule is O=C(N/C=C(\c1ccccc1)N(c1ccccc1)c1ccccc1)c1ccco1. The fraction of sp³-hybridized carbons (Fsp3) is 0. The Balaban J connectivity index is 1.81. The fourth-order valence-corrected chi connectivity index (χ4v) is 3.08. The fourth-order valence-electron chi connectivity index (χ4n) is 3.08. The third-order valence-electron chi connectivity index (χ3n) is 4.42. The molecular weight excluding hydrogens is 360 g/mol. The number of hydrogen-bond acceptors (Lipinski definition) is 3.